The van der Waals surface area contributed by atoms with Crippen LogP contribution in [-0.4, -0.2) is 20.7 Å². The fourth-order valence-electron chi connectivity index (χ4n) is 3.53. The zero-order chi connectivity index (χ0) is 19.8. The fraction of sp³-hybridized carbons (Fsp3) is 0.409. The molecular formula is C22H28N4O. The van der Waals surface area contributed by atoms with Crippen molar-refractivity contribution in [2.75, 3.05) is 5.32 Å². The number of anilines is 1. The molecule has 0 bridgehead atoms. The number of nitrogens with zero attached hydrogens (tertiary/aromatic N) is 3. The molecule has 27 heavy (non-hydrogen) atoms. The van der Waals surface area contributed by atoms with Gasteiger partial charge in [-0.2, -0.15) is 5.10 Å². The second-order valence-electron chi connectivity index (χ2n) is 8.08. The molecule has 2 aromatic heterocycles. The van der Waals surface area contributed by atoms with Crippen LogP contribution in [-0.2, 0) is 16.8 Å². The van der Waals surface area contributed by atoms with Crippen molar-refractivity contribution in [3.63, 3.8) is 0 Å². The first-order valence-corrected chi connectivity index (χ1v) is 9.39. The molecule has 0 aliphatic heterocycles. The second-order valence-corrected chi connectivity index (χ2v) is 8.08. The van der Waals surface area contributed by atoms with Gasteiger partial charge in [-0.25, -0.2) is 9.67 Å². The standard InChI is InChI=1S/C22H28N4O/c1-14-18(12-13-19(27)24-17-10-8-7-9-11-17)15(2)23-21-20(14)16(3)25-26(21)22(4,5)6/h7-11H,12-13H2,1-6H3,(H,24,27). The molecule has 0 saturated carbocycles. The number of fused-ring (bicyclic) bond motifs is 1. The van der Waals surface area contributed by atoms with Crippen molar-refractivity contribution in [3.05, 3.63) is 52.8 Å². The summed E-state index contributed by atoms with van der Waals surface area (Å²) in [5.74, 6) is 0.0159. The van der Waals surface area contributed by atoms with Gasteiger partial charge in [-0.15, -0.1) is 0 Å². The van der Waals surface area contributed by atoms with Gasteiger partial charge in [-0.05, 0) is 71.2 Å². The second kappa shape index (κ2) is 7.14. The van der Waals surface area contributed by atoms with E-state index in [4.69, 9.17) is 10.1 Å². The minimum absolute atomic E-state index is 0.0159. The average Bonchev–Trinajstić information content (AvgIpc) is 2.92. The number of para-hydroxylation sites is 1. The molecule has 0 aliphatic rings. The van der Waals surface area contributed by atoms with Crippen molar-refractivity contribution in [1.29, 1.82) is 0 Å². The molecule has 1 N–H and O–H groups in total. The number of aryl methyl sites for hydroxylation is 3. The number of benzene rings is 1. The SMILES string of the molecule is Cc1nc2c(c(C)nn2C(C)(C)C)c(C)c1CCC(=O)Nc1ccccc1. The molecule has 1 aromatic carbocycles. The number of carbonyl (C=O) groups excluding carboxylic acids is 1. The first-order chi connectivity index (χ1) is 12.7. The number of carbonyl (C=O) groups is 1. The molecule has 142 valence electrons. The molecular weight excluding hydrogens is 336 g/mol. The Morgan fingerprint density at radius 1 is 1.07 bits per heavy atom. The maximum absolute atomic E-state index is 12.3. The van der Waals surface area contributed by atoms with Crippen molar-refractivity contribution in [2.45, 2.75) is 59.9 Å². The molecule has 0 radical (unpaired) electrons. The van der Waals surface area contributed by atoms with E-state index in [2.05, 4.69) is 33.0 Å². The third-order valence-electron chi connectivity index (χ3n) is 4.87. The van der Waals surface area contributed by atoms with Crippen molar-refractivity contribution in [3.8, 4) is 0 Å². The molecule has 1 amide bonds. The Balaban J connectivity index is 1.87. The first-order valence-electron chi connectivity index (χ1n) is 9.39. The number of aromatic nitrogens is 3. The maximum atomic E-state index is 12.3. The van der Waals surface area contributed by atoms with Crippen LogP contribution in [0.3, 0.4) is 0 Å². The molecule has 3 rings (SSSR count). The number of pyridine rings is 1. The summed E-state index contributed by atoms with van der Waals surface area (Å²) < 4.78 is 2.00. The number of rotatable bonds is 4. The lowest BCUT2D eigenvalue weighted by Gasteiger charge is -2.20. The van der Waals surface area contributed by atoms with E-state index in [9.17, 15) is 4.79 Å². The summed E-state index contributed by atoms with van der Waals surface area (Å²) in [6.45, 7) is 12.6. The van der Waals surface area contributed by atoms with Crippen molar-refractivity contribution >= 4 is 22.6 Å². The molecule has 3 aromatic rings. The Morgan fingerprint density at radius 3 is 2.37 bits per heavy atom. The lowest BCUT2D eigenvalue weighted by molar-refractivity contribution is -0.116. The quantitative estimate of drug-likeness (QED) is 0.731. The van der Waals surface area contributed by atoms with Crippen LogP contribution in [0.1, 0.15) is 49.7 Å². The van der Waals surface area contributed by atoms with Gasteiger partial charge < -0.3 is 5.32 Å². The topological polar surface area (TPSA) is 59.8 Å². The van der Waals surface area contributed by atoms with Gasteiger partial charge in [0.2, 0.25) is 5.91 Å². The lowest BCUT2D eigenvalue weighted by Crippen LogP contribution is -2.23. The number of amides is 1. The van der Waals surface area contributed by atoms with Crippen LogP contribution in [0.5, 0.6) is 0 Å². The summed E-state index contributed by atoms with van der Waals surface area (Å²) in [6.07, 6.45) is 1.09. The van der Waals surface area contributed by atoms with Crippen LogP contribution in [0.15, 0.2) is 30.3 Å². The molecule has 5 heteroatoms. The predicted octanol–water partition coefficient (Wildman–Crippen LogP) is 4.68. The highest BCUT2D eigenvalue weighted by molar-refractivity contribution is 5.91. The maximum Gasteiger partial charge on any atom is 0.224 e. The largest absolute Gasteiger partial charge is 0.326 e. The summed E-state index contributed by atoms with van der Waals surface area (Å²) in [5, 5.41) is 8.78. The van der Waals surface area contributed by atoms with E-state index in [-0.39, 0.29) is 11.4 Å². The van der Waals surface area contributed by atoms with Gasteiger partial charge in [0.05, 0.1) is 11.2 Å². The average molecular weight is 364 g/mol. The molecule has 0 saturated heterocycles. The Labute approximate surface area is 160 Å². The highest BCUT2D eigenvalue weighted by Crippen LogP contribution is 2.29. The van der Waals surface area contributed by atoms with E-state index in [0.29, 0.717) is 12.8 Å². The Bertz CT molecular complexity index is 981. The third-order valence-corrected chi connectivity index (χ3v) is 4.87. The van der Waals surface area contributed by atoms with E-state index in [1.54, 1.807) is 0 Å². The summed E-state index contributed by atoms with van der Waals surface area (Å²) in [5.41, 5.74) is 5.90. The van der Waals surface area contributed by atoms with Crippen molar-refractivity contribution in [1.82, 2.24) is 14.8 Å². The minimum Gasteiger partial charge on any atom is -0.326 e. The van der Waals surface area contributed by atoms with E-state index in [0.717, 1.165) is 33.7 Å². The van der Waals surface area contributed by atoms with Crippen LogP contribution in [0.2, 0.25) is 0 Å². The van der Waals surface area contributed by atoms with Gasteiger partial charge in [0.25, 0.3) is 0 Å². The summed E-state index contributed by atoms with van der Waals surface area (Å²) >= 11 is 0. The highest BCUT2D eigenvalue weighted by atomic mass is 16.1. The van der Waals surface area contributed by atoms with Crippen LogP contribution < -0.4 is 5.32 Å². The molecule has 0 unspecified atom stereocenters. The van der Waals surface area contributed by atoms with Crippen molar-refractivity contribution in [2.24, 2.45) is 0 Å². The van der Waals surface area contributed by atoms with Crippen LogP contribution >= 0.6 is 0 Å². The summed E-state index contributed by atoms with van der Waals surface area (Å²) in [7, 11) is 0. The first kappa shape index (κ1) is 19.1. The number of nitrogens with one attached hydrogen (secondary N) is 1. The molecule has 0 aliphatic carbocycles. The van der Waals surface area contributed by atoms with E-state index in [1.165, 1.54) is 5.56 Å². The van der Waals surface area contributed by atoms with Gasteiger partial charge in [0, 0.05) is 23.2 Å². The summed E-state index contributed by atoms with van der Waals surface area (Å²) in [6, 6.07) is 9.55. The fourth-order valence-corrected chi connectivity index (χ4v) is 3.53. The smallest absolute Gasteiger partial charge is 0.224 e. The lowest BCUT2D eigenvalue weighted by atomic mass is 9.99. The van der Waals surface area contributed by atoms with E-state index >= 15 is 0 Å². The van der Waals surface area contributed by atoms with Crippen LogP contribution in [0.4, 0.5) is 5.69 Å². The van der Waals surface area contributed by atoms with Gasteiger partial charge >= 0.3 is 0 Å². The van der Waals surface area contributed by atoms with Crippen molar-refractivity contribution < 1.29 is 4.79 Å². The number of hydrogen-bond donors (Lipinski definition) is 1. The van der Waals surface area contributed by atoms with Gasteiger partial charge in [0.15, 0.2) is 5.65 Å². The van der Waals surface area contributed by atoms with Gasteiger partial charge in [0.1, 0.15) is 0 Å². The normalized spacial score (nSPS) is 11.8. The predicted molar refractivity (Wildman–Crippen MR) is 110 cm³/mol. The third kappa shape index (κ3) is 3.87. The zero-order valence-corrected chi connectivity index (χ0v) is 17.1. The Morgan fingerprint density at radius 2 is 1.74 bits per heavy atom. The Hall–Kier alpha value is -2.69. The van der Waals surface area contributed by atoms with Crippen LogP contribution in [0, 0.1) is 20.8 Å². The minimum atomic E-state index is -0.129. The molecule has 5 nitrogen and oxygen atoms in total. The highest BCUT2D eigenvalue weighted by Gasteiger charge is 2.23. The molecule has 0 spiro atoms. The Kier molecular flexibility index (Phi) is 5.05. The monoisotopic (exact) mass is 364 g/mol. The molecule has 2 heterocycles. The van der Waals surface area contributed by atoms with Crippen LogP contribution in [0.25, 0.3) is 11.0 Å². The molecule has 0 fully saturated rings. The summed E-state index contributed by atoms with van der Waals surface area (Å²) in [4.78, 5) is 17.2. The van der Waals surface area contributed by atoms with Gasteiger partial charge in [-0.1, -0.05) is 18.2 Å². The van der Waals surface area contributed by atoms with E-state index in [1.807, 2.05) is 48.9 Å². The zero-order valence-electron chi connectivity index (χ0n) is 17.1. The molecule has 0 atom stereocenters. The van der Waals surface area contributed by atoms with E-state index < -0.39 is 0 Å². The van der Waals surface area contributed by atoms with Gasteiger partial charge in [-0.3, -0.25) is 4.79 Å². The number of hydrogen-bond acceptors (Lipinski definition) is 3.